The van der Waals surface area contributed by atoms with E-state index in [1.54, 1.807) is 25.1 Å². The second kappa shape index (κ2) is 5.67. The summed E-state index contributed by atoms with van der Waals surface area (Å²) >= 11 is 1.42. The van der Waals surface area contributed by atoms with Crippen molar-refractivity contribution in [3.05, 3.63) is 51.7 Å². The predicted molar refractivity (Wildman–Crippen MR) is 77.4 cm³/mol. The van der Waals surface area contributed by atoms with Gasteiger partial charge in [-0.3, -0.25) is 4.79 Å². The fraction of sp³-hybridized carbons (Fsp3) is 0.143. The minimum atomic E-state index is -0.122. The van der Waals surface area contributed by atoms with Gasteiger partial charge in [-0.2, -0.15) is 0 Å². The lowest BCUT2D eigenvalue weighted by atomic mass is 10.1. The minimum absolute atomic E-state index is 0.122. The third-order valence-electron chi connectivity index (χ3n) is 2.76. The highest BCUT2D eigenvalue weighted by Gasteiger charge is 2.11. The topological polar surface area (TPSA) is 61.7 Å². The van der Waals surface area contributed by atoms with Gasteiger partial charge in [-0.25, -0.2) is 0 Å². The summed E-state index contributed by atoms with van der Waals surface area (Å²) in [6.07, 6.45) is 0. The first-order chi connectivity index (χ1) is 9.11. The summed E-state index contributed by atoms with van der Waals surface area (Å²) in [6.45, 7) is 3.61. The van der Waals surface area contributed by atoms with Crippen molar-refractivity contribution in [2.75, 3.05) is 5.32 Å². The average Bonchev–Trinajstić information content (AvgIpc) is 2.84. The zero-order valence-electron chi connectivity index (χ0n) is 10.7. The molecule has 0 saturated heterocycles. The molecule has 19 heavy (non-hydrogen) atoms. The first-order valence-electron chi connectivity index (χ1n) is 5.76. The van der Waals surface area contributed by atoms with Gasteiger partial charge in [0.05, 0.1) is 10.6 Å². The number of hydrogen-bond donors (Lipinski definition) is 2. The van der Waals surface area contributed by atoms with Gasteiger partial charge in [0.1, 0.15) is 0 Å². The van der Waals surface area contributed by atoms with Crippen LogP contribution in [0.25, 0.3) is 0 Å². The zero-order chi connectivity index (χ0) is 13.8. The van der Waals surface area contributed by atoms with E-state index in [4.69, 9.17) is 5.21 Å². The number of amides is 1. The van der Waals surface area contributed by atoms with Gasteiger partial charge in [0, 0.05) is 11.3 Å². The van der Waals surface area contributed by atoms with Crippen molar-refractivity contribution < 1.29 is 10.0 Å². The molecular formula is C14H14N2O2S. The van der Waals surface area contributed by atoms with Gasteiger partial charge in [0.2, 0.25) is 0 Å². The van der Waals surface area contributed by atoms with Crippen LogP contribution in [0.15, 0.2) is 40.9 Å². The molecule has 2 aromatic rings. The van der Waals surface area contributed by atoms with E-state index in [2.05, 4.69) is 10.5 Å². The van der Waals surface area contributed by atoms with Crippen molar-refractivity contribution in [3.63, 3.8) is 0 Å². The number of thiophene rings is 1. The lowest BCUT2D eigenvalue weighted by molar-refractivity contribution is 0.103. The normalized spacial score (nSPS) is 11.4. The second-order valence-corrected chi connectivity index (χ2v) is 5.07. The number of hydrogen-bond acceptors (Lipinski definition) is 4. The van der Waals surface area contributed by atoms with E-state index in [-0.39, 0.29) is 5.91 Å². The Bertz CT molecular complexity index is 632. The van der Waals surface area contributed by atoms with Crippen LogP contribution in [0.3, 0.4) is 0 Å². The molecule has 0 fully saturated rings. The van der Waals surface area contributed by atoms with Gasteiger partial charge < -0.3 is 10.5 Å². The molecule has 1 amide bonds. The van der Waals surface area contributed by atoms with Crippen LogP contribution in [0.4, 0.5) is 5.69 Å². The van der Waals surface area contributed by atoms with E-state index in [9.17, 15) is 4.79 Å². The van der Waals surface area contributed by atoms with Crippen LogP contribution in [0, 0.1) is 6.92 Å². The molecule has 1 heterocycles. The highest BCUT2D eigenvalue weighted by Crippen LogP contribution is 2.18. The number of rotatable bonds is 3. The van der Waals surface area contributed by atoms with Gasteiger partial charge in [-0.05, 0) is 43.0 Å². The summed E-state index contributed by atoms with van der Waals surface area (Å²) in [7, 11) is 0. The summed E-state index contributed by atoms with van der Waals surface area (Å²) in [5, 5.41) is 16.6. The van der Waals surface area contributed by atoms with Crippen LogP contribution in [0.1, 0.15) is 27.7 Å². The van der Waals surface area contributed by atoms with E-state index >= 15 is 0 Å². The first kappa shape index (κ1) is 13.3. The van der Waals surface area contributed by atoms with Crippen LogP contribution in [-0.2, 0) is 0 Å². The van der Waals surface area contributed by atoms with Crippen molar-refractivity contribution in [1.82, 2.24) is 0 Å². The maximum Gasteiger partial charge on any atom is 0.265 e. The van der Waals surface area contributed by atoms with Crippen molar-refractivity contribution in [2.45, 2.75) is 13.8 Å². The lowest BCUT2D eigenvalue weighted by Gasteiger charge is -2.06. The molecule has 0 aliphatic carbocycles. The Labute approximate surface area is 115 Å². The van der Waals surface area contributed by atoms with Gasteiger partial charge in [0.25, 0.3) is 5.91 Å². The number of carbonyl (C=O) groups excluding carboxylic acids is 1. The number of benzene rings is 1. The second-order valence-electron chi connectivity index (χ2n) is 4.15. The molecule has 5 heteroatoms. The zero-order valence-corrected chi connectivity index (χ0v) is 11.5. The third-order valence-corrected chi connectivity index (χ3v) is 3.77. The van der Waals surface area contributed by atoms with Crippen molar-refractivity contribution in [3.8, 4) is 0 Å². The molecular weight excluding hydrogens is 260 g/mol. The summed E-state index contributed by atoms with van der Waals surface area (Å²) in [5.74, 6) is -0.122. The van der Waals surface area contributed by atoms with Gasteiger partial charge in [-0.15, -0.1) is 11.3 Å². The molecule has 0 saturated carbocycles. The Hall–Kier alpha value is -2.14. The molecule has 98 valence electrons. The fourth-order valence-corrected chi connectivity index (χ4v) is 2.49. The molecule has 4 nitrogen and oxygen atoms in total. The molecule has 0 unspecified atom stereocenters. The highest BCUT2D eigenvalue weighted by atomic mass is 32.1. The van der Waals surface area contributed by atoms with Crippen LogP contribution in [0.2, 0.25) is 0 Å². The molecule has 1 aromatic heterocycles. The lowest BCUT2D eigenvalue weighted by Crippen LogP contribution is -2.11. The Balaban J connectivity index is 2.20. The molecule has 0 bridgehead atoms. The smallest absolute Gasteiger partial charge is 0.265 e. The summed E-state index contributed by atoms with van der Waals surface area (Å²) in [6, 6.07) is 9.12. The number of nitrogens with zero attached hydrogens (tertiary/aromatic N) is 1. The van der Waals surface area contributed by atoms with Crippen LogP contribution in [-0.4, -0.2) is 16.8 Å². The van der Waals surface area contributed by atoms with Crippen LogP contribution < -0.4 is 5.32 Å². The van der Waals surface area contributed by atoms with E-state index in [0.717, 1.165) is 11.1 Å². The number of oxime groups is 1. The summed E-state index contributed by atoms with van der Waals surface area (Å²) in [4.78, 5) is 12.8. The first-order valence-corrected chi connectivity index (χ1v) is 6.64. The number of anilines is 1. The van der Waals surface area contributed by atoms with Gasteiger partial charge in [-0.1, -0.05) is 17.3 Å². The average molecular weight is 274 g/mol. The fourth-order valence-electron chi connectivity index (χ4n) is 1.67. The Morgan fingerprint density at radius 1 is 1.37 bits per heavy atom. The molecule has 0 spiro atoms. The Kier molecular flexibility index (Phi) is 3.97. The molecule has 0 atom stereocenters. The molecule has 2 rings (SSSR count). The summed E-state index contributed by atoms with van der Waals surface area (Å²) in [5.41, 5.74) is 2.91. The van der Waals surface area contributed by atoms with Crippen molar-refractivity contribution in [2.24, 2.45) is 5.16 Å². The number of nitrogens with one attached hydrogen (secondary N) is 1. The number of aryl methyl sites for hydroxylation is 1. The number of carbonyl (C=O) groups is 1. The maximum atomic E-state index is 12.1. The molecule has 0 radical (unpaired) electrons. The van der Waals surface area contributed by atoms with E-state index in [1.165, 1.54) is 11.3 Å². The van der Waals surface area contributed by atoms with Gasteiger partial charge >= 0.3 is 0 Å². The maximum absolute atomic E-state index is 12.1. The van der Waals surface area contributed by atoms with Crippen molar-refractivity contribution >= 4 is 28.6 Å². The van der Waals surface area contributed by atoms with E-state index in [0.29, 0.717) is 16.3 Å². The van der Waals surface area contributed by atoms with Crippen molar-refractivity contribution in [1.29, 1.82) is 0 Å². The SMILES string of the molecule is C/C(=N\O)c1cccc(NC(=O)c2sccc2C)c1. The predicted octanol–water partition coefficient (Wildman–Crippen LogP) is 3.51. The monoisotopic (exact) mass is 274 g/mol. The minimum Gasteiger partial charge on any atom is -0.411 e. The molecule has 2 N–H and O–H groups in total. The Morgan fingerprint density at radius 2 is 2.16 bits per heavy atom. The molecule has 0 aliphatic heterocycles. The van der Waals surface area contributed by atoms with E-state index in [1.807, 2.05) is 24.4 Å². The standard InChI is InChI=1S/C14H14N2O2S/c1-9-6-7-19-13(9)14(17)15-12-5-3-4-11(8-12)10(2)16-18/h3-8,18H,1-2H3,(H,15,17)/b16-10+. The van der Waals surface area contributed by atoms with Crippen LogP contribution >= 0.6 is 11.3 Å². The molecule has 0 aliphatic rings. The van der Waals surface area contributed by atoms with Gasteiger partial charge in [0.15, 0.2) is 0 Å². The molecule has 1 aromatic carbocycles. The summed E-state index contributed by atoms with van der Waals surface area (Å²) < 4.78 is 0. The highest BCUT2D eigenvalue weighted by molar-refractivity contribution is 7.12. The van der Waals surface area contributed by atoms with Crippen LogP contribution in [0.5, 0.6) is 0 Å². The quantitative estimate of drug-likeness (QED) is 0.511. The van der Waals surface area contributed by atoms with E-state index < -0.39 is 0 Å². The largest absolute Gasteiger partial charge is 0.411 e. The third kappa shape index (κ3) is 3.00. The Morgan fingerprint density at radius 3 is 2.79 bits per heavy atom.